The van der Waals surface area contributed by atoms with E-state index in [1.807, 2.05) is 24.3 Å². The van der Waals surface area contributed by atoms with E-state index in [-0.39, 0.29) is 11.7 Å². The first kappa shape index (κ1) is 13.0. The minimum atomic E-state index is -0.278. The van der Waals surface area contributed by atoms with Crippen LogP contribution in [0.4, 0.5) is 0 Å². The van der Waals surface area contributed by atoms with E-state index in [0.717, 1.165) is 11.8 Å². The van der Waals surface area contributed by atoms with Crippen molar-refractivity contribution in [2.24, 2.45) is 0 Å². The number of terminal acetylenes is 1. The number of hydrogen-bond donors (Lipinski definition) is 2. The SMILES string of the molecule is C#CCCCNC(=O)c1ccc2ccccc2c1O. The Morgan fingerprint density at radius 2 is 2.05 bits per heavy atom. The molecule has 0 saturated heterocycles. The molecule has 19 heavy (non-hydrogen) atoms. The number of fused-ring (bicyclic) bond motifs is 1. The van der Waals surface area contributed by atoms with E-state index in [1.54, 1.807) is 12.1 Å². The molecule has 0 unspecified atom stereocenters. The van der Waals surface area contributed by atoms with Gasteiger partial charge in [-0.2, -0.15) is 0 Å². The van der Waals surface area contributed by atoms with Crippen molar-refractivity contribution in [3.8, 4) is 18.1 Å². The molecule has 0 spiro atoms. The van der Waals surface area contributed by atoms with E-state index in [4.69, 9.17) is 6.42 Å². The van der Waals surface area contributed by atoms with Crippen molar-refractivity contribution in [1.29, 1.82) is 0 Å². The normalized spacial score (nSPS) is 10.1. The van der Waals surface area contributed by atoms with E-state index >= 15 is 0 Å². The summed E-state index contributed by atoms with van der Waals surface area (Å²) in [5, 5.41) is 14.5. The summed E-state index contributed by atoms with van der Waals surface area (Å²) >= 11 is 0. The molecule has 0 heterocycles. The molecule has 96 valence electrons. The smallest absolute Gasteiger partial charge is 0.255 e. The average molecular weight is 253 g/mol. The minimum absolute atomic E-state index is 0.0209. The molecule has 0 fully saturated rings. The highest BCUT2D eigenvalue weighted by Crippen LogP contribution is 2.28. The Morgan fingerprint density at radius 3 is 2.84 bits per heavy atom. The predicted molar refractivity (Wildman–Crippen MR) is 76.0 cm³/mol. The van der Waals surface area contributed by atoms with Gasteiger partial charge in [-0.1, -0.05) is 30.3 Å². The number of phenols is 1. The molecule has 2 rings (SSSR count). The van der Waals surface area contributed by atoms with Crippen LogP contribution in [-0.2, 0) is 0 Å². The van der Waals surface area contributed by atoms with Crippen molar-refractivity contribution in [3.05, 3.63) is 42.0 Å². The Balaban J connectivity index is 2.18. The fourth-order valence-corrected chi connectivity index (χ4v) is 1.93. The lowest BCUT2D eigenvalue weighted by Crippen LogP contribution is -2.24. The maximum atomic E-state index is 11.9. The van der Waals surface area contributed by atoms with Gasteiger partial charge in [0.05, 0.1) is 5.56 Å². The van der Waals surface area contributed by atoms with Crippen molar-refractivity contribution in [3.63, 3.8) is 0 Å². The Labute approximate surface area is 112 Å². The average Bonchev–Trinajstić information content (AvgIpc) is 2.44. The molecule has 0 aliphatic rings. The molecule has 0 radical (unpaired) electrons. The standard InChI is InChI=1S/C16H15NO2/c1-2-3-6-11-17-16(19)14-10-9-12-7-4-5-8-13(12)15(14)18/h1,4-5,7-10,18H,3,6,11H2,(H,17,19). The second-order valence-corrected chi connectivity index (χ2v) is 4.25. The monoisotopic (exact) mass is 253 g/mol. The molecular formula is C16H15NO2. The third kappa shape index (κ3) is 2.86. The van der Waals surface area contributed by atoms with E-state index in [1.165, 1.54) is 0 Å². The first-order valence-corrected chi connectivity index (χ1v) is 6.16. The molecule has 2 aromatic carbocycles. The van der Waals surface area contributed by atoms with Crippen molar-refractivity contribution in [1.82, 2.24) is 5.32 Å². The highest BCUT2D eigenvalue weighted by atomic mass is 16.3. The number of nitrogens with one attached hydrogen (secondary N) is 1. The van der Waals surface area contributed by atoms with Crippen LogP contribution < -0.4 is 5.32 Å². The van der Waals surface area contributed by atoms with E-state index in [0.29, 0.717) is 23.9 Å². The molecule has 3 nitrogen and oxygen atoms in total. The molecule has 0 bridgehead atoms. The lowest BCUT2D eigenvalue weighted by atomic mass is 10.0. The van der Waals surface area contributed by atoms with Crippen molar-refractivity contribution in [2.75, 3.05) is 6.54 Å². The van der Waals surface area contributed by atoms with Gasteiger partial charge in [0.2, 0.25) is 0 Å². The van der Waals surface area contributed by atoms with E-state index < -0.39 is 0 Å². The predicted octanol–water partition coefficient (Wildman–Crippen LogP) is 2.69. The molecule has 2 aromatic rings. The van der Waals surface area contributed by atoms with Crippen LogP contribution in [0.5, 0.6) is 5.75 Å². The topological polar surface area (TPSA) is 49.3 Å². The number of aromatic hydroxyl groups is 1. The zero-order valence-electron chi connectivity index (χ0n) is 10.5. The largest absolute Gasteiger partial charge is 0.506 e. The number of unbranched alkanes of at least 4 members (excludes halogenated alkanes) is 1. The van der Waals surface area contributed by atoms with Crippen LogP contribution in [0.25, 0.3) is 10.8 Å². The van der Waals surface area contributed by atoms with E-state index in [9.17, 15) is 9.90 Å². The van der Waals surface area contributed by atoms with Crippen molar-refractivity contribution in [2.45, 2.75) is 12.8 Å². The first-order chi connectivity index (χ1) is 9.24. The number of carbonyl (C=O) groups excluding carboxylic acids is 1. The molecule has 0 aliphatic carbocycles. The highest BCUT2D eigenvalue weighted by Gasteiger charge is 2.12. The van der Waals surface area contributed by atoms with Crippen LogP contribution in [0.15, 0.2) is 36.4 Å². The van der Waals surface area contributed by atoms with Gasteiger partial charge in [-0.15, -0.1) is 12.3 Å². The van der Waals surface area contributed by atoms with Crippen LogP contribution in [0, 0.1) is 12.3 Å². The van der Waals surface area contributed by atoms with Gasteiger partial charge in [0.25, 0.3) is 5.91 Å². The van der Waals surface area contributed by atoms with E-state index in [2.05, 4.69) is 11.2 Å². The Hall–Kier alpha value is -2.47. The summed E-state index contributed by atoms with van der Waals surface area (Å²) < 4.78 is 0. The van der Waals surface area contributed by atoms with Gasteiger partial charge in [-0.25, -0.2) is 0 Å². The molecule has 0 aromatic heterocycles. The maximum Gasteiger partial charge on any atom is 0.255 e. The fraction of sp³-hybridized carbons (Fsp3) is 0.188. The van der Waals surface area contributed by atoms with Crippen molar-refractivity contribution >= 4 is 16.7 Å². The number of rotatable bonds is 4. The van der Waals surface area contributed by atoms with Gasteiger partial charge in [0, 0.05) is 18.4 Å². The molecule has 0 saturated carbocycles. The molecule has 3 heteroatoms. The van der Waals surface area contributed by atoms with Gasteiger partial charge >= 0.3 is 0 Å². The maximum absolute atomic E-state index is 11.9. The van der Waals surface area contributed by atoms with Crippen LogP contribution in [0.1, 0.15) is 23.2 Å². The van der Waals surface area contributed by atoms with Gasteiger partial charge in [-0.3, -0.25) is 4.79 Å². The zero-order valence-corrected chi connectivity index (χ0v) is 10.5. The second kappa shape index (κ2) is 5.92. The molecule has 1 amide bonds. The number of hydrogen-bond acceptors (Lipinski definition) is 2. The lowest BCUT2D eigenvalue weighted by molar-refractivity contribution is 0.0951. The number of benzene rings is 2. The van der Waals surface area contributed by atoms with Gasteiger partial charge in [0.1, 0.15) is 5.75 Å². The molecular weight excluding hydrogens is 238 g/mol. The highest BCUT2D eigenvalue weighted by molar-refractivity contribution is 6.03. The second-order valence-electron chi connectivity index (χ2n) is 4.25. The number of amides is 1. The van der Waals surface area contributed by atoms with Gasteiger partial charge in [-0.05, 0) is 17.9 Å². The third-order valence-electron chi connectivity index (χ3n) is 2.93. The molecule has 2 N–H and O–H groups in total. The molecule has 0 atom stereocenters. The first-order valence-electron chi connectivity index (χ1n) is 6.16. The minimum Gasteiger partial charge on any atom is -0.506 e. The summed E-state index contributed by atoms with van der Waals surface area (Å²) in [6.45, 7) is 0.509. The van der Waals surface area contributed by atoms with Crippen LogP contribution in [0.2, 0.25) is 0 Å². The fourth-order valence-electron chi connectivity index (χ4n) is 1.93. The van der Waals surface area contributed by atoms with Crippen LogP contribution in [0.3, 0.4) is 0 Å². The van der Waals surface area contributed by atoms with Crippen LogP contribution in [-0.4, -0.2) is 17.6 Å². The third-order valence-corrected chi connectivity index (χ3v) is 2.93. The van der Waals surface area contributed by atoms with Crippen LogP contribution >= 0.6 is 0 Å². The number of carbonyl (C=O) groups is 1. The summed E-state index contributed by atoms with van der Waals surface area (Å²) in [7, 11) is 0. The van der Waals surface area contributed by atoms with Gasteiger partial charge < -0.3 is 10.4 Å². The summed E-state index contributed by atoms with van der Waals surface area (Å²) in [5.41, 5.74) is 0.291. The number of phenolic OH excluding ortho intramolecular Hbond substituents is 1. The Morgan fingerprint density at radius 1 is 1.26 bits per heavy atom. The Bertz CT molecular complexity index is 641. The molecule has 0 aliphatic heterocycles. The summed E-state index contributed by atoms with van der Waals surface area (Å²) in [6, 6.07) is 10.9. The lowest BCUT2D eigenvalue weighted by Gasteiger charge is -2.08. The quantitative estimate of drug-likeness (QED) is 0.650. The summed E-state index contributed by atoms with van der Waals surface area (Å²) in [6.07, 6.45) is 6.50. The summed E-state index contributed by atoms with van der Waals surface area (Å²) in [5.74, 6) is 2.26. The summed E-state index contributed by atoms with van der Waals surface area (Å²) in [4.78, 5) is 11.9. The van der Waals surface area contributed by atoms with Gasteiger partial charge in [0.15, 0.2) is 0 Å². The van der Waals surface area contributed by atoms with Crippen molar-refractivity contribution < 1.29 is 9.90 Å². The zero-order chi connectivity index (χ0) is 13.7. The Kier molecular flexibility index (Phi) is 4.04.